The third kappa shape index (κ3) is 8.82. The third-order valence-corrected chi connectivity index (χ3v) is 3.16. The molecule has 134 valence electrons. The van der Waals surface area contributed by atoms with Gasteiger partial charge in [0.1, 0.15) is 6.29 Å². The molecular weight excluding hydrogens is 316 g/mol. The summed E-state index contributed by atoms with van der Waals surface area (Å²) in [6.45, 7) is 2.86. The van der Waals surface area contributed by atoms with E-state index >= 15 is 0 Å². The highest BCUT2D eigenvalue weighted by atomic mass is 16.7. The lowest BCUT2D eigenvalue weighted by molar-refractivity contribution is -0.181. The van der Waals surface area contributed by atoms with Crippen molar-refractivity contribution in [3.05, 3.63) is 12.2 Å². The van der Waals surface area contributed by atoms with Crippen LogP contribution in [0.1, 0.15) is 45.4 Å². The molecule has 0 fully saturated rings. The van der Waals surface area contributed by atoms with Crippen LogP contribution in [0.25, 0.3) is 0 Å². The van der Waals surface area contributed by atoms with Gasteiger partial charge in [-0.3, -0.25) is 24.1 Å². The van der Waals surface area contributed by atoms with Crippen LogP contribution in [0.4, 0.5) is 0 Å². The number of carbonyl (C=O) groups excluding carboxylic acids is 5. The van der Waals surface area contributed by atoms with E-state index in [9.17, 15) is 24.0 Å². The molecule has 0 aromatic heterocycles. The zero-order chi connectivity index (χ0) is 18.4. The number of unbranched alkanes of at least 4 members (excludes halogenated alkanes) is 3. The number of nitrogens with zero attached hydrogens (tertiary/aromatic N) is 2. The minimum absolute atomic E-state index is 0.0633. The molecule has 1 aliphatic heterocycles. The number of carbonyl (C=O) groups is 5. The first-order chi connectivity index (χ1) is 11.5. The SMILES string of the molecule is CCCCCCN1C(=O)C=CC1=O.CN(OC=O)C(=O)CCC=O. The largest absolute Gasteiger partial charge is 0.342 e. The summed E-state index contributed by atoms with van der Waals surface area (Å²) in [6, 6.07) is 0. The number of amides is 3. The first kappa shape index (κ1) is 21.5. The number of imide groups is 1. The molecule has 0 aromatic rings. The fourth-order valence-electron chi connectivity index (χ4n) is 1.81. The fraction of sp³-hybridized carbons (Fsp3) is 0.562. The van der Waals surface area contributed by atoms with E-state index in [0.29, 0.717) is 12.8 Å². The summed E-state index contributed by atoms with van der Waals surface area (Å²) < 4.78 is 0. The maximum Gasteiger partial charge on any atom is 0.320 e. The zero-order valence-electron chi connectivity index (χ0n) is 14.1. The monoisotopic (exact) mass is 340 g/mol. The van der Waals surface area contributed by atoms with Gasteiger partial charge in [-0.2, -0.15) is 5.06 Å². The number of hydrogen-bond donors (Lipinski definition) is 0. The molecule has 0 bridgehead atoms. The predicted octanol–water partition coefficient (Wildman–Crippen LogP) is 1.00. The van der Waals surface area contributed by atoms with Crippen molar-refractivity contribution in [1.29, 1.82) is 0 Å². The van der Waals surface area contributed by atoms with Crippen LogP contribution in [0, 0.1) is 0 Å². The normalized spacial score (nSPS) is 12.5. The lowest BCUT2D eigenvalue weighted by Crippen LogP contribution is -2.30. The van der Waals surface area contributed by atoms with E-state index in [0.717, 1.165) is 17.9 Å². The summed E-state index contributed by atoms with van der Waals surface area (Å²) >= 11 is 0. The molecule has 3 amide bonds. The van der Waals surface area contributed by atoms with Crippen molar-refractivity contribution in [3.63, 3.8) is 0 Å². The molecule has 1 heterocycles. The van der Waals surface area contributed by atoms with E-state index in [1.807, 2.05) is 0 Å². The van der Waals surface area contributed by atoms with Gasteiger partial charge in [0.15, 0.2) is 0 Å². The van der Waals surface area contributed by atoms with Gasteiger partial charge >= 0.3 is 6.47 Å². The van der Waals surface area contributed by atoms with E-state index in [-0.39, 0.29) is 31.1 Å². The molecule has 1 aliphatic rings. The molecule has 0 atom stereocenters. The second-order valence-corrected chi connectivity index (χ2v) is 5.02. The molecule has 8 heteroatoms. The number of hydrogen-bond acceptors (Lipinski definition) is 6. The highest BCUT2D eigenvalue weighted by Gasteiger charge is 2.21. The second-order valence-electron chi connectivity index (χ2n) is 5.02. The average Bonchev–Trinajstić information content (AvgIpc) is 2.89. The van der Waals surface area contributed by atoms with E-state index < -0.39 is 5.91 Å². The van der Waals surface area contributed by atoms with Gasteiger partial charge < -0.3 is 9.63 Å². The lowest BCUT2D eigenvalue weighted by Gasteiger charge is -2.12. The highest BCUT2D eigenvalue weighted by Crippen LogP contribution is 2.07. The van der Waals surface area contributed by atoms with Gasteiger partial charge in [-0.25, -0.2) is 0 Å². The maximum absolute atomic E-state index is 11.1. The average molecular weight is 340 g/mol. The molecule has 0 N–H and O–H groups in total. The van der Waals surface area contributed by atoms with Crippen LogP contribution in [0.5, 0.6) is 0 Å². The Hall–Kier alpha value is -2.51. The summed E-state index contributed by atoms with van der Waals surface area (Å²) in [7, 11) is 1.31. The van der Waals surface area contributed by atoms with Crippen molar-refractivity contribution >= 4 is 30.5 Å². The minimum Gasteiger partial charge on any atom is -0.342 e. The van der Waals surface area contributed by atoms with E-state index in [1.54, 1.807) is 0 Å². The Morgan fingerprint density at radius 3 is 2.29 bits per heavy atom. The van der Waals surface area contributed by atoms with Gasteiger partial charge in [0.25, 0.3) is 17.7 Å². The van der Waals surface area contributed by atoms with Crippen LogP contribution in [0.2, 0.25) is 0 Å². The van der Waals surface area contributed by atoms with Crippen LogP contribution >= 0.6 is 0 Å². The Morgan fingerprint density at radius 1 is 1.17 bits per heavy atom. The summed E-state index contributed by atoms with van der Waals surface area (Å²) in [5.41, 5.74) is 0. The van der Waals surface area contributed by atoms with Crippen LogP contribution in [0.3, 0.4) is 0 Å². The Kier molecular flexibility index (Phi) is 11.6. The summed E-state index contributed by atoms with van der Waals surface area (Å²) in [5, 5.41) is 0.788. The topological polar surface area (TPSA) is 101 Å². The van der Waals surface area contributed by atoms with Crippen LogP contribution in [-0.4, -0.2) is 54.0 Å². The third-order valence-electron chi connectivity index (χ3n) is 3.16. The molecule has 0 saturated carbocycles. The Bertz CT molecular complexity index is 457. The Labute approximate surface area is 141 Å². The van der Waals surface area contributed by atoms with Crippen LogP contribution in [-0.2, 0) is 28.8 Å². The predicted molar refractivity (Wildman–Crippen MR) is 85.2 cm³/mol. The van der Waals surface area contributed by atoms with E-state index in [2.05, 4.69) is 11.8 Å². The minimum atomic E-state index is -0.399. The second kappa shape index (κ2) is 13.0. The van der Waals surface area contributed by atoms with Gasteiger partial charge in [-0.1, -0.05) is 26.2 Å². The van der Waals surface area contributed by atoms with Crippen molar-refractivity contribution in [3.8, 4) is 0 Å². The van der Waals surface area contributed by atoms with Crippen molar-refractivity contribution in [1.82, 2.24) is 9.96 Å². The molecule has 0 saturated heterocycles. The van der Waals surface area contributed by atoms with Gasteiger partial charge in [0.05, 0.1) is 0 Å². The van der Waals surface area contributed by atoms with Crippen molar-refractivity contribution in [2.75, 3.05) is 13.6 Å². The first-order valence-electron chi connectivity index (χ1n) is 7.82. The molecule has 1 rings (SSSR count). The molecule has 0 aliphatic carbocycles. The van der Waals surface area contributed by atoms with Crippen LogP contribution in [0.15, 0.2) is 12.2 Å². The molecular formula is C16H24N2O6. The van der Waals surface area contributed by atoms with E-state index in [1.165, 1.54) is 36.9 Å². The van der Waals surface area contributed by atoms with Crippen molar-refractivity contribution in [2.24, 2.45) is 0 Å². The van der Waals surface area contributed by atoms with Crippen LogP contribution < -0.4 is 0 Å². The Balaban J connectivity index is 0.000000449. The lowest BCUT2D eigenvalue weighted by atomic mass is 10.2. The molecule has 0 aromatic carbocycles. The summed E-state index contributed by atoms with van der Waals surface area (Å²) in [6.07, 6.45) is 7.86. The molecule has 0 spiro atoms. The van der Waals surface area contributed by atoms with Gasteiger partial charge in [0, 0.05) is 38.6 Å². The number of aldehydes is 1. The Morgan fingerprint density at radius 2 is 1.79 bits per heavy atom. The van der Waals surface area contributed by atoms with Crippen molar-refractivity contribution < 1.29 is 28.8 Å². The zero-order valence-corrected chi connectivity index (χ0v) is 14.1. The first-order valence-corrected chi connectivity index (χ1v) is 7.82. The van der Waals surface area contributed by atoms with Gasteiger partial charge in [0.2, 0.25) is 0 Å². The van der Waals surface area contributed by atoms with Crippen molar-refractivity contribution in [2.45, 2.75) is 45.4 Å². The summed E-state index contributed by atoms with van der Waals surface area (Å²) in [5.74, 6) is -0.729. The fourth-order valence-corrected chi connectivity index (χ4v) is 1.81. The molecule has 24 heavy (non-hydrogen) atoms. The number of rotatable bonds is 10. The smallest absolute Gasteiger partial charge is 0.320 e. The summed E-state index contributed by atoms with van der Waals surface area (Å²) in [4.78, 5) is 57.9. The standard InChI is InChI=1S/C10H15NO2.C6H9NO4/c1-2-3-4-5-8-11-9(12)6-7-10(11)13;1-7(11-5-9)6(10)3-2-4-8/h6-7H,2-5,8H2,1H3;4-5H,2-3H2,1H3. The number of hydroxylamine groups is 2. The van der Waals surface area contributed by atoms with Gasteiger partial charge in [-0.15, -0.1) is 0 Å². The maximum atomic E-state index is 11.1. The quantitative estimate of drug-likeness (QED) is 0.254. The van der Waals surface area contributed by atoms with E-state index in [4.69, 9.17) is 0 Å². The molecule has 8 nitrogen and oxygen atoms in total. The molecule has 0 unspecified atom stereocenters. The highest BCUT2D eigenvalue weighted by molar-refractivity contribution is 6.12. The van der Waals surface area contributed by atoms with Gasteiger partial charge in [-0.05, 0) is 6.42 Å². The molecule has 0 radical (unpaired) electrons.